The molecule has 1 saturated heterocycles. The van der Waals surface area contributed by atoms with Crippen molar-refractivity contribution in [2.75, 3.05) is 31.1 Å². The Morgan fingerprint density at radius 1 is 1.17 bits per heavy atom. The topological polar surface area (TPSA) is 40.6 Å². The number of ketones is 1. The largest absolute Gasteiger partial charge is 0.366 e. The monoisotopic (exact) mass is 346 g/mol. The maximum Gasteiger partial charge on any atom is 0.227 e. The minimum atomic E-state index is -0.388. The summed E-state index contributed by atoms with van der Waals surface area (Å²) in [5.41, 5.74) is 0.867. The van der Waals surface area contributed by atoms with Gasteiger partial charge in [-0.15, -0.1) is 11.3 Å². The summed E-state index contributed by atoms with van der Waals surface area (Å²) < 4.78 is 14.2. The molecule has 0 radical (unpaired) electrons. The normalized spacial score (nSPS) is 14.8. The quantitative estimate of drug-likeness (QED) is 0.799. The third-order valence-corrected chi connectivity index (χ3v) is 5.11. The summed E-state index contributed by atoms with van der Waals surface area (Å²) in [5.74, 6) is -0.421. The fourth-order valence-corrected chi connectivity index (χ4v) is 3.55. The molecule has 3 rings (SSSR count). The van der Waals surface area contributed by atoms with Gasteiger partial charge in [-0.1, -0.05) is 6.07 Å². The van der Waals surface area contributed by atoms with Gasteiger partial charge < -0.3 is 9.80 Å². The molecule has 1 aliphatic rings. The van der Waals surface area contributed by atoms with Crippen LogP contribution < -0.4 is 4.90 Å². The van der Waals surface area contributed by atoms with Crippen LogP contribution in [0.3, 0.4) is 0 Å². The molecule has 0 unspecified atom stereocenters. The molecule has 0 atom stereocenters. The molecule has 126 valence electrons. The van der Waals surface area contributed by atoms with E-state index in [1.807, 2.05) is 27.3 Å². The van der Waals surface area contributed by atoms with E-state index in [4.69, 9.17) is 0 Å². The number of thiophene rings is 1. The molecule has 0 spiro atoms. The average molecular weight is 346 g/mol. The van der Waals surface area contributed by atoms with E-state index in [2.05, 4.69) is 0 Å². The van der Waals surface area contributed by atoms with Gasteiger partial charge in [-0.3, -0.25) is 9.59 Å². The summed E-state index contributed by atoms with van der Waals surface area (Å²) >= 11 is 1.58. The molecule has 0 N–H and O–H groups in total. The molecule has 0 saturated carbocycles. The summed E-state index contributed by atoms with van der Waals surface area (Å²) in [7, 11) is 0. The van der Waals surface area contributed by atoms with Crippen LogP contribution in [0, 0.1) is 5.82 Å². The van der Waals surface area contributed by atoms with Crippen LogP contribution in [0.4, 0.5) is 10.1 Å². The fourth-order valence-electron chi connectivity index (χ4n) is 2.85. The maximum atomic E-state index is 14.2. The first kappa shape index (κ1) is 16.6. The Hall–Kier alpha value is -2.21. The number of nitrogens with zero attached hydrogens (tertiary/aromatic N) is 2. The van der Waals surface area contributed by atoms with Crippen LogP contribution in [0.15, 0.2) is 35.7 Å². The maximum absolute atomic E-state index is 14.2. The lowest BCUT2D eigenvalue weighted by atomic mass is 10.1. The number of carbonyl (C=O) groups excluding carboxylic acids is 2. The van der Waals surface area contributed by atoms with Crippen molar-refractivity contribution >= 4 is 28.7 Å². The van der Waals surface area contributed by atoms with Crippen molar-refractivity contribution in [2.24, 2.45) is 0 Å². The zero-order chi connectivity index (χ0) is 17.1. The summed E-state index contributed by atoms with van der Waals surface area (Å²) in [6.07, 6.45) is 0.430. The Bertz CT molecular complexity index is 737. The highest BCUT2D eigenvalue weighted by molar-refractivity contribution is 7.10. The molecule has 2 heterocycles. The van der Waals surface area contributed by atoms with Crippen molar-refractivity contribution in [3.05, 3.63) is 52.0 Å². The molecule has 0 aliphatic carbocycles. The number of hydrogen-bond acceptors (Lipinski definition) is 4. The minimum absolute atomic E-state index is 0.115. The number of hydrogen-bond donors (Lipinski definition) is 0. The Balaban J connectivity index is 1.60. The van der Waals surface area contributed by atoms with E-state index in [-0.39, 0.29) is 17.5 Å². The second-order valence-electron chi connectivity index (χ2n) is 5.85. The lowest BCUT2D eigenvalue weighted by molar-refractivity contribution is -0.130. The highest BCUT2D eigenvalue weighted by Gasteiger charge is 2.23. The van der Waals surface area contributed by atoms with Crippen LogP contribution in [0.25, 0.3) is 0 Å². The number of amides is 1. The molecule has 1 aromatic carbocycles. The fraction of sp³-hybridized carbons (Fsp3) is 0.333. The van der Waals surface area contributed by atoms with Gasteiger partial charge in [-0.25, -0.2) is 4.39 Å². The first-order valence-electron chi connectivity index (χ1n) is 7.90. The highest BCUT2D eigenvalue weighted by Crippen LogP contribution is 2.22. The lowest BCUT2D eigenvalue weighted by Crippen LogP contribution is -2.49. The van der Waals surface area contributed by atoms with Gasteiger partial charge in [-0.2, -0.15) is 0 Å². The van der Waals surface area contributed by atoms with Crippen LogP contribution in [-0.4, -0.2) is 42.8 Å². The number of carbonyl (C=O) groups is 2. The Labute approximate surface area is 144 Å². The Morgan fingerprint density at radius 2 is 1.92 bits per heavy atom. The first-order chi connectivity index (χ1) is 11.5. The van der Waals surface area contributed by atoms with Crippen molar-refractivity contribution in [3.8, 4) is 0 Å². The van der Waals surface area contributed by atoms with Crippen LogP contribution in [0.5, 0.6) is 0 Å². The van der Waals surface area contributed by atoms with Gasteiger partial charge in [-0.05, 0) is 36.6 Å². The molecule has 24 heavy (non-hydrogen) atoms. The molecule has 0 bridgehead atoms. The van der Waals surface area contributed by atoms with Gasteiger partial charge in [0.2, 0.25) is 5.91 Å². The summed E-state index contributed by atoms with van der Waals surface area (Å²) in [5, 5.41) is 1.97. The zero-order valence-corrected chi connectivity index (χ0v) is 14.3. The standard InChI is InChI=1S/C18H19FN2O2S/c1-13(22)14-4-5-17(16(19)11-14)20-6-8-21(9-7-20)18(23)12-15-3-2-10-24-15/h2-5,10-11H,6-9,12H2,1H3. The number of Topliss-reactive ketones (excluding diaryl/α,β-unsaturated/α-hetero) is 1. The van der Waals surface area contributed by atoms with Crippen molar-refractivity contribution in [3.63, 3.8) is 0 Å². The molecule has 2 aromatic rings. The van der Waals surface area contributed by atoms with Gasteiger partial charge in [0.1, 0.15) is 5.82 Å². The van der Waals surface area contributed by atoms with E-state index in [1.54, 1.807) is 23.5 Å². The van der Waals surface area contributed by atoms with Crippen molar-refractivity contribution in [1.29, 1.82) is 0 Å². The molecule has 1 fully saturated rings. The van der Waals surface area contributed by atoms with Crippen LogP contribution >= 0.6 is 11.3 Å². The van der Waals surface area contributed by atoms with E-state index >= 15 is 0 Å². The molecule has 1 aromatic heterocycles. The summed E-state index contributed by atoms with van der Waals surface area (Å²) in [4.78, 5) is 28.4. The van der Waals surface area contributed by atoms with Crippen molar-refractivity contribution in [2.45, 2.75) is 13.3 Å². The van der Waals surface area contributed by atoms with Crippen LogP contribution in [0.1, 0.15) is 22.2 Å². The van der Waals surface area contributed by atoms with E-state index in [1.165, 1.54) is 13.0 Å². The smallest absolute Gasteiger partial charge is 0.227 e. The van der Waals surface area contributed by atoms with E-state index in [0.717, 1.165) is 4.88 Å². The van der Waals surface area contributed by atoms with Crippen molar-refractivity contribution in [1.82, 2.24) is 4.90 Å². The minimum Gasteiger partial charge on any atom is -0.366 e. The van der Waals surface area contributed by atoms with E-state index in [9.17, 15) is 14.0 Å². The van der Waals surface area contributed by atoms with E-state index in [0.29, 0.717) is 43.9 Å². The predicted octanol–water partition coefficient (Wildman–Crippen LogP) is 2.98. The van der Waals surface area contributed by atoms with Gasteiger partial charge in [0.05, 0.1) is 12.1 Å². The molecule has 4 nitrogen and oxygen atoms in total. The van der Waals surface area contributed by atoms with Gasteiger partial charge in [0.25, 0.3) is 0 Å². The molecule has 1 amide bonds. The van der Waals surface area contributed by atoms with Gasteiger partial charge in [0, 0.05) is 36.6 Å². The zero-order valence-electron chi connectivity index (χ0n) is 13.5. The molecular weight excluding hydrogens is 327 g/mol. The highest BCUT2D eigenvalue weighted by atomic mass is 32.1. The van der Waals surface area contributed by atoms with Gasteiger partial charge in [0.15, 0.2) is 5.78 Å². The van der Waals surface area contributed by atoms with Crippen LogP contribution in [-0.2, 0) is 11.2 Å². The van der Waals surface area contributed by atoms with Crippen LogP contribution in [0.2, 0.25) is 0 Å². The molecule has 1 aliphatic heterocycles. The second-order valence-corrected chi connectivity index (χ2v) is 6.88. The lowest BCUT2D eigenvalue weighted by Gasteiger charge is -2.36. The number of benzene rings is 1. The van der Waals surface area contributed by atoms with Crippen molar-refractivity contribution < 1.29 is 14.0 Å². The Kier molecular flexibility index (Phi) is 4.94. The Morgan fingerprint density at radius 3 is 2.50 bits per heavy atom. The molecular formula is C18H19FN2O2S. The molecule has 6 heteroatoms. The third-order valence-electron chi connectivity index (χ3n) is 4.23. The number of halogens is 1. The SMILES string of the molecule is CC(=O)c1ccc(N2CCN(C(=O)Cc3cccs3)CC2)c(F)c1. The average Bonchev–Trinajstić information content (AvgIpc) is 3.08. The number of anilines is 1. The van der Waals surface area contributed by atoms with Gasteiger partial charge >= 0.3 is 0 Å². The number of piperazine rings is 1. The number of rotatable bonds is 4. The third kappa shape index (κ3) is 3.64. The first-order valence-corrected chi connectivity index (χ1v) is 8.78. The second kappa shape index (κ2) is 7.13. The summed E-state index contributed by atoms with van der Waals surface area (Å²) in [6, 6.07) is 8.49. The van der Waals surface area contributed by atoms with E-state index < -0.39 is 0 Å². The summed E-state index contributed by atoms with van der Waals surface area (Å²) in [6.45, 7) is 3.77. The predicted molar refractivity (Wildman–Crippen MR) is 93.2 cm³/mol.